The topological polar surface area (TPSA) is 26.3 Å². The Kier molecular flexibility index (Phi) is 4.73. The summed E-state index contributed by atoms with van der Waals surface area (Å²) in [4.78, 5) is 12.0. The zero-order valence-electron chi connectivity index (χ0n) is 12.2. The molecule has 0 spiro atoms. The number of carbonyl (C=O) groups is 1. The molecule has 1 aromatic carbocycles. The van der Waals surface area contributed by atoms with E-state index in [-0.39, 0.29) is 5.97 Å². The standard InChI is InChI=1S/C17H20O2Te/c1-5-17(6-2,19-16(18)12(3)4)15-11-13-9-7-8-10-14(13)20-15/h7-11H,3,5-6H2,1-2,4H3. The predicted octanol–water partition coefficient (Wildman–Crippen LogP) is 4.03. The molecular formula is C17H20O2Te. The van der Waals surface area contributed by atoms with Crippen LogP contribution < -0.4 is 0 Å². The Hall–Kier alpha value is -1.04. The zero-order chi connectivity index (χ0) is 14.8. The molecule has 0 saturated heterocycles. The van der Waals surface area contributed by atoms with Crippen molar-refractivity contribution in [3.05, 3.63) is 46.1 Å². The van der Waals surface area contributed by atoms with Crippen molar-refractivity contribution in [1.82, 2.24) is 0 Å². The van der Waals surface area contributed by atoms with Gasteiger partial charge in [-0.15, -0.1) is 0 Å². The number of rotatable bonds is 5. The van der Waals surface area contributed by atoms with Crippen molar-refractivity contribution < 1.29 is 9.53 Å². The van der Waals surface area contributed by atoms with E-state index in [1.54, 1.807) is 6.92 Å². The molecule has 3 heteroatoms. The van der Waals surface area contributed by atoms with Crippen LogP contribution in [0.5, 0.6) is 0 Å². The first-order valence-electron chi connectivity index (χ1n) is 6.90. The van der Waals surface area contributed by atoms with Crippen LogP contribution in [0.25, 0.3) is 8.79 Å². The number of ether oxygens (including phenoxy) is 1. The van der Waals surface area contributed by atoms with Gasteiger partial charge in [-0.25, -0.2) is 0 Å². The van der Waals surface area contributed by atoms with Crippen LogP contribution in [-0.2, 0) is 15.1 Å². The molecule has 20 heavy (non-hydrogen) atoms. The molecule has 0 radical (unpaired) electrons. The molecule has 106 valence electrons. The van der Waals surface area contributed by atoms with Crippen LogP contribution in [0.1, 0.15) is 37.2 Å². The molecule has 0 atom stereocenters. The van der Waals surface area contributed by atoms with E-state index < -0.39 is 26.0 Å². The number of hydrogen-bond donors (Lipinski definition) is 0. The van der Waals surface area contributed by atoms with Gasteiger partial charge in [0.25, 0.3) is 0 Å². The van der Waals surface area contributed by atoms with E-state index in [1.165, 1.54) is 12.4 Å². The van der Waals surface area contributed by atoms with Gasteiger partial charge in [0.05, 0.1) is 0 Å². The van der Waals surface area contributed by atoms with E-state index in [4.69, 9.17) is 4.74 Å². The van der Waals surface area contributed by atoms with Crippen LogP contribution in [-0.4, -0.2) is 26.4 Å². The molecule has 2 aromatic rings. The van der Waals surface area contributed by atoms with Gasteiger partial charge >= 0.3 is 130 Å². The summed E-state index contributed by atoms with van der Waals surface area (Å²) >= 11 is -0.445. The molecule has 0 unspecified atom stereocenters. The van der Waals surface area contributed by atoms with Gasteiger partial charge < -0.3 is 0 Å². The Morgan fingerprint density at radius 3 is 2.50 bits per heavy atom. The maximum absolute atomic E-state index is 12.0. The molecular weight excluding hydrogens is 364 g/mol. The summed E-state index contributed by atoms with van der Waals surface area (Å²) in [5, 5.41) is 1.29. The molecule has 0 saturated carbocycles. The summed E-state index contributed by atoms with van der Waals surface area (Å²) in [7, 11) is 0. The third-order valence-electron chi connectivity index (χ3n) is 3.65. The monoisotopic (exact) mass is 386 g/mol. The van der Waals surface area contributed by atoms with Crippen molar-refractivity contribution in [3.8, 4) is 0 Å². The first-order chi connectivity index (χ1) is 9.52. The van der Waals surface area contributed by atoms with Crippen LogP contribution in [0.15, 0.2) is 42.5 Å². The Bertz CT molecular complexity index is 602. The minimum atomic E-state index is -0.447. The molecule has 2 nitrogen and oxygen atoms in total. The second kappa shape index (κ2) is 6.16. The van der Waals surface area contributed by atoms with E-state index in [1.807, 2.05) is 0 Å². The Morgan fingerprint density at radius 1 is 1.30 bits per heavy atom. The maximum atomic E-state index is 12.0. The summed E-state index contributed by atoms with van der Waals surface area (Å²) in [5.74, 6) is -0.280. The average Bonchev–Trinajstić information content (AvgIpc) is 2.88. The number of hydrogen-bond acceptors (Lipinski definition) is 2. The normalized spacial score (nSPS) is 11.6. The van der Waals surface area contributed by atoms with Gasteiger partial charge in [-0.3, -0.25) is 0 Å². The van der Waals surface area contributed by atoms with E-state index in [9.17, 15) is 4.79 Å². The van der Waals surface area contributed by atoms with Crippen LogP contribution in [0, 0.1) is 0 Å². The van der Waals surface area contributed by atoms with Crippen LogP contribution in [0.4, 0.5) is 0 Å². The van der Waals surface area contributed by atoms with Crippen LogP contribution >= 0.6 is 0 Å². The molecule has 0 aliphatic heterocycles. The van der Waals surface area contributed by atoms with Crippen molar-refractivity contribution in [1.29, 1.82) is 0 Å². The van der Waals surface area contributed by atoms with Gasteiger partial charge in [-0.05, 0) is 0 Å². The van der Waals surface area contributed by atoms with Crippen molar-refractivity contribution in [3.63, 3.8) is 0 Å². The Morgan fingerprint density at radius 2 is 1.95 bits per heavy atom. The number of esters is 1. The molecule has 0 amide bonds. The second-order valence-corrected chi connectivity index (χ2v) is 8.11. The van der Waals surface area contributed by atoms with Gasteiger partial charge in [0.2, 0.25) is 0 Å². The number of benzene rings is 1. The summed E-state index contributed by atoms with van der Waals surface area (Å²) in [6.45, 7) is 9.57. The average molecular weight is 384 g/mol. The van der Waals surface area contributed by atoms with Crippen LogP contribution in [0.3, 0.4) is 0 Å². The molecule has 0 aliphatic rings. The first-order valence-corrected chi connectivity index (χ1v) is 9.23. The fourth-order valence-electron chi connectivity index (χ4n) is 2.26. The van der Waals surface area contributed by atoms with Crippen molar-refractivity contribution in [2.24, 2.45) is 0 Å². The van der Waals surface area contributed by atoms with Crippen LogP contribution in [0.2, 0.25) is 0 Å². The molecule has 1 heterocycles. The van der Waals surface area contributed by atoms with Crippen molar-refractivity contribution in [2.75, 3.05) is 0 Å². The molecule has 0 bridgehead atoms. The molecule has 1 aromatic heterocycles. The van der Waals surface area contributed by atoms with Gasteiger partial charge in [0.1, 0.15) is 0 Å². The summed E-state index contributed by atoms with van der Waals surface area (Å²) < 4.78 is 8.60. The summed E-state index contributed by atoms with van der Waals surface area (Å²) in [5.41, 5.74) is 0.0186. The fourth-order valence-corrected chi connectivity index (χ4v) is 6.06. The van der Waals surface area contributed by atoms with E-state index in [2.05, 4.69) is 50.8 Å². The SMILES string of the molecule is C=C(C)C(=O)OC(CC)(CC)c1cc2ccccc2[te]1. The van der Waals surface area contributed by atoms with E-state index in [0.717, 1.165) is 12.8 Å². The third kappa shape index (κ3) is 2.85. The fraction of sp³-hybridized carbons (Fsp3) is 0.353. The van der Waals surface area contributed by atoms with E-state index in [0.29, 0.717) is 5.57 Å². The first kappa shape index (κ1) is 15.4. The molecule has 0 fully saturated rings. The number of carbonyl (C=O) groups excluding carboxylic acids is 1. The van der Waals surface area contributed by atoms with Crippen molar-refractivity contribution >= 4 is 35.2 Å². The van der Waals surface area contributed by atoms with Crippen molar-refractivity contribution in [2.45, 2.75) is 39.2 Å². The molecule has 0 aliphatic carbocycles. The minimum absolute atomic E-state index is 0.280. The zero-order valence-corrected chi connectivity index (χ0v) is 14.6. The third-order valence-corrected chi connectivity index (χ3v) is 7.37. The quantitative estimate of drug-likeness (QED) is 0.442. The predicted molar refractivity (Wildman–Crippen MR) is 84.1 cm³/mol. The van der Waals surface area contributed by atoms with Gasteiger partial charge in [0, 0.05) is 0 Å². The summed E-state index contributed by atoms with van der Waals surface area (Å²) in [6.07, 6.45) is 1.63. The van der Waals surface area contributed by atoms with Gasteiger partial charge in [-0.2, -0.15) is 0 Å². The molecule has 2 rings (SSSR count). The Labute approximate surface area is 130 Å². The Balaban J connectivity index is 2.45. The number of fused-ring (bicyclic) bond motifs is 1. The van der Waals surface area contributed by atoms with Gasteiger partial charge in [0.15, 0.2) is 0 Å². The second-order valence-electron chi connectivity index (χ2n) is 5.02. The van der Waals surface area contributed by atoms with E-state index >= 15 is 0 Å². The molecule has 0 N–H and O–H groups in total. The summed E-state index contributed by atoms with van der Waals surface area (Å²) in [6, 6.07) is 10.7. The van der Waals surface area contributed by atoms with Gasteiger partial charge in [-0.1, -0.05) is 0 Å².